The normalized spacial score (nSPS) is 17.3. The van der Waals surface area contributed by atoms with E-state index in [-0.39, 0.29) is 17.9 Å². The molecule has 0 spiro atoms. The van der Waals surface area contributed by atoms with Gasteiger partial charge in [-0.15, -0.1) is 0 Å². The summed E-state index contributed by atoms with van der Waals surface area (Å²) in [7, 11) is 0. The molecule has 0 unspecified atom stereocenters. The van der Waals surface area contributed by atoms with Gasteiger partial charge >= 0.3 is 12.0 Å². The third-order valence-corrected chi connectivity index (χ3v) is 3.10. The first-order valence-electron chi connectivity index (χ1n) is 5.81. The van der Waals surface area contributed by atoms with Gasteiger partial charge in [0.2, 0.25) is 0 Å². The van der Waals surface area contributed by atoms with Crippen LogP contribution in [0.3, 0.4) is 0 Å². The fourth-order valence-corrected chi connectivity index (χ4v) is 1.98. The first-order chi connectivity index (χ1) is 7.58. The molecular weight excluding hydrogens is 208 g/mol. The summed E-state index contributed by atoms with van der Waals surface area (Å²) in [6, 6.07) is -0.196. The van der Waals surface area contributed by atoms with Crippen LogP contribution in [0.25, 0.3) is 0 Å². The number of urea groups is 1. The first kappa shape index (κ1) is 12.8. The van der Waals surface area contributed by atoms with E-state index in [1.807, 2.05) is 6.92 Å². The summed E-state index contributed by atoms with van der Waals surface area (Å²) >= 11 is 0. The van der Waals surface area contributed by atoms with Crippen molar-refractivity contribution >= 4 is 12.0 Å². The quantitative estimate of drug-likeness (QED) is 0.642. The van der Waals surface area contributed by atoms with E-state index < -0.39 is 5.97 Å². The zero-order chi connectivity index (χ0) is 12.0. The Morgan fingerprint density at radius 2 is 2.00 bits per heavy atom. The van der Waals surface area contributed by atoms with Crippen LogP contribution in [-0.2, 0) is 4.79 Å². The van der Waals surface area contributed by atoms with Gasteiger partial charge in [-0.1, -0.05) is 13.3 Å². The van der Waals surface area contributed by atoms with Crippen LogP contribution in [0.2, 0.25) is 0 Å². The zero-order valence-corrected chi connectivity index (χ0v) is 9.71. The summed E-state index contributed by atoms with van der Waals surface area (Å²) in [5.74, 6) is -0.782. The number of carbonyl (C=O) groups is 2. The van der Waals surface area contributed by atoms with E-state index in [1.165, 1.54) is 0 Å². The van der Waals surface area contributed by atoms with E-state index in [4.69, 9.17) is 5.11 Å². The largest absolute Gasteiger partial charge is 0.481 e. The van der Waals surface area contributed by atoms with Crippen LogP contribution in [0, 0.1) is 5.41 Å². The Balaban J connectivity index is 2.28. The molecular formula is C11H20N2O3. The molecule has 1 fully saturated rings. The molecule has 0 aromatic heterocycles. The van der Waals surface area contributed by atoms with Crippen LogP contribution in [-0.4, -0.2) is 30.2 Å². The van der Waals surface area contributed by atoms with E-state index in [2.05, 4.69) is 10.6 Å². The first-order valence-corrected chi connectivity index (χ1v) is 5.81. The number of aliphatic carboxylic acids is 1. The van der Waals surface area contributed by atoms with Crippen molar-refractivity contribution < 1.29 is 14.7 Å². The van der Waals surface area contributed by atoms with E-state index in [9.17, 15) is 9.59 Å². The smallest absolute Gasteiger partial charge is 0.314 e. The lowest BCUT2D eigenvalue weighted by atomic mass is 9.66. The Kier molecular flexibility index (Phi) is 4.58. The second-order valence-electron chi connectivity index (χ2n) is 4.53. The lowest BCUT2D eigenvalue weighted by Crippen LogP contribution is -2.46. The number of hydrogen-bond acceptors (Lipinski definition) is 2. The minimum atomic E-state index is -0.782. The number of hydrogen-bond donors (Lipinski definition) is 3. The Morgan fingerprint density at radius 3 is 2.44 bits per heavy atom. The lowest BCUT2D eigenvalue weighted by Gasteiger charge is -2.40. The SMILES string of the molecule is CCCNC(=O)NCC1(CC(=O)O)CCC1. The Labute approximate surface area is 95.6 Å². The maximum atomic E-state index is 11.3. The molecule has 1 aliphatic carbocycles. The maximum absolute atomic E-state index is 11.3. The van der Waals surface area contributed by atoms with Crippen molar-refractivity contribution in [2.75, 3.05) is 13.1 Å². The fourth-order valence-electron chi connectivity index (χ4n) is 1.98. The van der Waals surface area contributed by atoms with Gasteiger partial charge in [-0.3, -0.25) is 4.79 Å². The molecule has 1 saturated carbocycles. The van der Waals surface area contributed by atoms with Crippen molar-refractivity contribution in [3.63, 3.8) is 0 Å². The van der Waals surface area contributed by atoms with Gasteiger partial charge in [0.05, 0.1) is 6.42 Å². The molecule has 5 heteroatoms. The molecule has 2 amide bonds. The van der Waals surface area contributed by atoms with Gasteiger partial charge in [-0.05, 0) is 24.7 Å². The van der Waals surface area contributed by atoms with Gasteiger partial charge in [0.15, 0.2) is 0 Å². The average Bonchev–Trinajstić information content (AvgIpc) is 2.18. The molecule has 0 aromatic carbocycles. The maximum Gasteiger partial charge on any atom is 0.314 e. The number of carboxylic acid groups (broad SMARTS) is 1. The molecule has 0 saturated heterocycles. The minimum Gasteiger partial charge on any atom is -0.481 e. The monoisotopic (exact) mass is 228 g/mol. The number of amides is 2. The molecule has 0 bridgehead atoms. The Morgan fingerprint density at radius 1 is 1.31 bits per heavy atom. The van der Waals surface area contributed by atoms with Gasteiger partial charge in [0, 0.05) is 13.1 Å². The van der Waals surface area contributed by atoms with E-state index in [1.54, 1.807) is 0 Å². The highest BCUT2D eigenvalue weighted by Gasteiger charge is 2.39. The summed E-state index contributed by atoms with van der Waals surface area (Å²) < 4.78 is 0. The van der Waals surface area contributed by atoms with Crippen molar-refractivity contribution in [3.05, 3.63) is 0 Å². The van der Waals surface area contributed by atoms with Crippen molar-refractivity contribution in [1.29, 1.82) is 0 Å². The predicted octanol–water partition coefficient (Wildman–Crippen LogP) is 1.34. The lowest BCUT2D eigenvalue weighted by molar-refractivity contribution is -0.141. The molecule has 5 nitrogen and oxygen atoms in total. The minimum absolute atomic E-state index is 0.154. The standard InChI is InChI=1S/C11H20N2O3/c1-2-6-12-10(16)13-8-11(4-3-5-11)7-9(14)15/h2-8H2,1H3,(H,14,15)(H2,12,13,16). The van der Waals surface area contributed by atoms with Gasteiger partial charge in [-0.25, -0.2) is 4.79 Å². The predicted molar refractivity (Wildman–Crippen MR) is 60.2 cm³/mol. The molecule has 0 atom stereocenters. The Hall–Kier alpha value is -1.26. The fraction of sp³-hybridized carbons (Fsp3) is 0.818. The summed E-state index contributed by atoms with van der Waals surface area (Å²) in [6.07, 6.45) is 3.90. The van der Waals surface area contributed by atoms with Crippen molar-refractivity contribution in [2.45, 2.75) is 39.0 Å². The third-order valence-electron chi connectivity index (χ3n) is 3.10. The molecule has 0 aliphatic heterocycles. The van der Waals surface area contributed by atoms with Crippen LogP contribution in [0.4, 0.5) is 4.79 Å². The summed E-state index contributed by atoms with van der Waals surface area (Å²) in [5.41, 5.74) is -0.199. The summed E-state index contributed by atoms with van der Waals surface area (Å²) in [6.45, 7) is 3.10. The molecule has 92 valence electrons. The number of carbonyl (C=O) groups excluding carboxylic acids is 1. The summed E-state index contributed by atoms with van der Waals surface area (Å²) in [5, 5.41) is 14.3. The van der Waals surface area contributed by atoms with E-state index >= 15 is 0 Å². The molecule has 3 N–H and O–H groups in total. The van der Waals surface area contributed by atoms with Gasteiger partial charge in [0.1, 0.15) is 0 Å². The van der Waals surface area contributed by atoms with Crippen LogP contribution in [0.5, 0.6) is 0 Å². The molecule has 0 radical (unpaired) electrons. The van der Waals surface area contributed by atoms with Crippen molar-refractivity contribution in [1.82, 2.24) is 10.6 Å². The third kappa shape index (κ3) is 3.72. The van der Waals surface area contributed by atoms with Crippen LogP contribution >= 0.6 is 0 Å². The Bertz CT molecular complexity index is 262. The topological polar surface area (TPSA) is 78.4 Å². The average molecular weight is 228 g/mol. The van der Waals surface area contributed by atoms with Gasteiger partial charge in [-0.2, -0.15) is 0 Å². The van der Waals surface area contributed by atoms with Gasteiger partial charge in [0.25, 0.3) is 0 Å². The number of carboxylic acids is 1. The van der Waals surface area contributed by atoms with E-state index in [0.29, 0.717) is 13.1 Å². The number of rotatable bonds is 6. The van der Waals surface area contributed by atoms with Crippen LogP contribution < -0.4 is 10.6 Å². The van der Waals surface area contributed by atoms with Gasteiger partial charge < -0.3 is 15.7 Å². The summed E-state index contributed by atoms with van der Waals surface area (Å²) in [4.78, 5) is 22.0. The molecule has 16 heavy (non-hydrogen) atoms. The molecule has 0 aromatic rings. The molecule has 0 heterocycles. The zero-order valence-electron chi connectivity index (χ0n) is 9.71. The highest BCUT2D eigenvalue weighted by Crippen LogP contribution is 2.43. The van der Waals surface area contributed by atoms with Crippen molar-refractivity contribution in [2.24, 2.45) is 5.41 Å². The second-order valence-corrected chi connectivity index (χ2v) is 4.53. The van der Waals surface area contributed by atoms with E-state index in [0.717, 1.165) is 25.7 Å². The second kappa shape index (κ2) is 5.72. The highest BCUT2D eigenvalue weighted by molar-refractivity contribution is 5.74. The number of nitrogens with one attached hydrogen (secondary N) is 2. The highest BCUT2D eigenvalue weighted by atomic mass is 16.4. The molecule has 1 rings (SSSR count). The molecule has 1 aliphatic rings. The van der Waals surface area contributed by atoms with Crippen LogP contribution in [0.15, 0.2) is 0 Å². The van der Waals surface area contributed by atoms with Crippen LogP contribution in [0.1, 0.15) is 39.0 Å². The van der Waals surface area contributed by atoms with Crippen molar-refractivity contribution in [3.8, 4) is 0 Å².